The zero-order chi connectivity index (χ0) is 29.7. The Morgan fingerprint density at radius 2 is 1.61 bits per heavy atom. The standard InChI is InChI=1S/C30H45N3O7S/c1-19-5-7-20(8-6-19)26(34)33(24-15-18-41-25(24)27(35)36)22-11-9-21(10-12-22)31-28(37)39-23-13-16-32(17-14-23)29(38)40-30(2,3)4/h15,18-23H,5-14,16-17H2,1-4H3,(H,31,37)(H,35,36)/t19-,20-,21?,22?. The second-order valence-electron chi connectivity index (χ2n) is 12.8. The number of nitrogens with one attached hydrogen (secondary N) is 1. The molecule has 228 valence electrons. The third-order valence-corrected chi connectivity index (χ3v) is 9.34. The van der Waals surface area contributed by atoms with Gasteiger partial charge in [-0.3, -0.25) is 4.79 Å². The number of anilines is 1. The van der Waals surface area contributed by atoms with Crippen molar-refractivity contribution in [3.63, 3.8) is 0 Å². The molecule has 10 nitrogen and oxygen atoms in total. The molecule has 1 saturated heterocycles. The highest BCUT2D eigenvalue weighted by molar-refractivity contribution is 7.12. The van der Waals surface area contributed by atoms with Crippen molar-refractivity contribution in [1.29, 1.82) is 0 Å². The molecule has 1 aromatic rings. The maximum absolute atomic E-state index is 13.8. The van der Waals surface area contributed by atoms with Gasteiger partial charge in [0.1, 0.15) is 16.6 Å². The highest BCUT2D eigenvalue weighted by atomic mass is 32.1. The van der Waals surface area contributed by atoms with Crippen LogP contribution in [0.2, 0.25) is 0 Å². The molecular weight excluding hydrogens is 546 g/mol. The van der Waals surface area contributed by atoms with Crippen molar-refractivity contribution in [2.75, 3.05) is 18.0 Å². The Morgan fingerprint density at radius 1 is 0.976 bits per heavy atom. The summed E-state index contributed by atoms with van der Waals surface area (Å²) in [6.45, 7) is 8.67. The van der Waals surface area contributed by atoms with Crippen LogP contribution in [0.4, 0.5) is 15.3 Å². The van der Waals surface area contributed by atoms with Crippen LogP contribution in [0.25, 0.3) is 0 Å². The van der Waals surface area contributed by atoms with Crippen LogP contribution in [0.1, 0.15) is 102 Å². The van der Waals surface area contributed by atoms with Gasteiger partial charge in [0.2, 0.25) is 5.91 Å². The molecule has 0 unspecified atom stereocenters. The number of carbonyl (C=O) groups is 4. The van der Waals surface area contributed by atoms with Crippen LogP contribution in [0.15, 0.2) is 11.4 Å². The molecule has 0 atom stereocenters. The predicted molar refractivity (Wildman–Crippen MR) is 156 cm³/mol. The summed E-state index contributed by atoms with van der Waals surface area (Å²) in [7, 11) is 0. The van der Waals surface area contributed by atoms with Crippen LogP contribution in [0.3, 0.4) is 0 Å². The molecule has 3 fully saturated rings. The molecule has 41 heavy (non-hydrogen) atoms. The summed E-state index contributed by atoms with van der Waals surface area (Å²) in [4.78, 5) is 54.3. The number of nitrogens with zero attached hydrogens (tertiary/aromatic N) is 2. The highest BCUT2D eigenvalue weighted by Crippen LogP contribution is 2.37. The second kappa shape index (κ2) is 13.4. The molecule has 0 bridgehead atoms. The van der Waals surface area contributed by atoms with E-state index in [0.717, 1.165) is 37.0 Å². The molecule has 1 aromatic heterocycles. The van der Waals surface area contributed by atoms with Crippen molar-refractivity contribution < 1.29 is 33.8 Å². The number of aromatic carboxylic acids is 1. The monoisotopic (exact) mass is 591 g/mol. The van der Waals surface area contributed by atoms with E-state index in [9.17, 15) is 24.3 Å². The van der Waals surface area contributed by atoms with Crippen LogP contribution in [-0.2, 0) is 14.3 Å². The van der Waals surface area contributed by atoms with Gasteiger partial charge < -0.3 is 29.7 Å². The van der Waals surface area contributed by atoms with Crippen LogP contribution < -0.4 is 10.2 Å². The molecule has 4 rings (SSSR count). The fourth-order valence-electron chi connectivity index (χ4n) is 6.16. The van der Waals surface area contributed by atoms with Gasteiger partial charge in [-0.25, -0.2) is 14.4 Å². The van der Waals surface area contributed by atoms with Gasteiger partial charge in [-0.2, -0.15) is 0 Å². The van der Waals surface area contributed by atoms with E-state index in [1.807, 2.05) is 20.8 Å². The smallest absolute Gasteiger partial charge is 0.410 e. The summed E-state index contributed by atoms with van der Waals surface area (Å²) in [5, 5.41) is 14.5. The Balaban J connectivity index is 1.29. The van der Waals surface area contributed by atoms with E-state index >= 15 is 0 Å². The van der Waals surface area contributed by atoms with Gasteiger partial charge in [0, 0.05) is 43.9 Å². The third-order valence-electron chi connectivity index (χ3n) is 8.45. The number of carboxylic acid groups (broad SMARTS) is 1. The molecule has 2 N–H and O–H groups in total. The lowest BCUT2D eigenvalue weighted by atomic mass is 9.81. The Kier molecular flexibility index (Phi) is 10.2. The number of likely N-dealkylation sites (tertiary alicyclic amines) is 1. The number of thiophene rings is 1. The van der Waals surface area contributed by atoms with Gasteiger partial charge in [-0.15, -0.1) is 11.3 Å². The number of carboxylic acids is 1. The summed E-state index contributed by atoms with van der Waals surface area (Å²) >= 11 is 1.15. The van der Waals surface area contributed by atoms with E-state index in [4.69, 9.17) is 9.47 Å². The minimum absolute atomic E-state index is 0.0337. The second-order valence-corrected chi connectivity index (χ2v) is 13.7. The average molecular weight is 592 g/mol. The van der Waals surface area contributed by atoms with Crippen molar-refractivity contribution in [1.82, 2.24) is 10.2 Å². The molecule has 0 radical (unpaired) electrons. The maximum atomic E-state index is 13.8. The highest BCUT2D eigenvalue weighted by Gasteiger charge is 2.37. The first-order chi connectivity index (χ1) is 19.4. The van der Waals surface area contributed by atoms with Gasteiger partial charge in [0.25, 0.3) is 0 Å². The van der Waals surface area contributed by atoms with Crippen LogP contribution in [0.5, 0.6) is 0 Å². The van der Waals surface area contributed by atoms with E-state index in [1.165, 1.54) is 0 Å². The number of piperidine rings is 1. The normalized spacial score (nSPS) is 25.7. The Labute approximate surface area is 246 Å². The van der Waals surface area contributed by atoms with E-state index in [0.29, 0.717) is 63.2 Å². The maximum Gasteiger partial charge on any atom is 0.410 e. The lowest BCUT2D eigenvalue weighted by Gasteiger charge is -2.39. The lowest BCUT2D eigenvalue weighted by Crippen LogP contribution is -2.49. The number of rotatable bonds is 6. The molecule has 11 heteroatoms. The first kappa shape index (κ1) is 31.1. The van der Waals surface area contributed by atoms with E-state index < -0.39 is 17.7 Å². The summed E-state index contributed by atoms with van der Waals surface area (Å²) in [6, 6.07) is 1.57. The summed E-state index contributed by atoms with van der Waals surface area (Å²) in [6.07, 6.45) is 6.44. The van der Waals surface area contributed by atoms with Gasteiger partial charge in [-0.1, -0.05) is 6.92 Å². The summed E-state index contributed by atoms with van der Waals surface area (Å²) in [5.41, 5.74) is -0.0514. The van der Waals surface area contributed by atoms with Crippen molar-refractivity contribution in [2.24, 2.45) is 11.8 Å². The molecule has 1 aliphatic heterocycles. The van der Waals surface area contributed by atoms with Gasteiger partial charge in [-0.05, 0) is 89.5 Å². The summed E-state index contributed by atoms with van der Waals surface area (Å²) < 4.78 is 11.1. The van der Waals surface area contributed by atoms with Crippen LogP contribution >= 0.6 is 11.3 Å². The topological polar surface area (TPSA) is 125 Å². The van der Waals surface area contributed by atoms with Crippen molar-refractivity contribution in [3.05, 3.63) is 16.3 Å². The first-order valence-electron chi connectivity index (χ1n) is 15.0. The number of alkyl carbamates (subject to hydrolysis) is 1. The van der Waals surface area contributed by atoms with E-state index in [2.05, 4.69) is 12.2 Å². The quantitative estimate of drug-likeness (QED) is 0.413. The largest absolute Gasteiger partial charge is 0.477 e. The number of carbonyl (C=O) groups excluding carboxylic acids is 3. The fraction of sp³-hybridized carbons (Fsp3) is 0.733. The Morgan fingerprint density at radius 3 is 2.20 bits per heavy atom. The lowest BCUT2D eigenvalue weighted by molar-refractivity contribution is -0.124. The van der Waals surface area contributed by atoms with Crippen LogP contribution in [-0.4, -0.2) is 70.9 Å². The Hall–Kier alpha value is -2.82. The predicted octanol–water partition coefficient (Wildman–Crippen LogP) is 6.04. The SMILES string of the molecule is CC(C)(C)OC(=O)N1CCC(OC(=O)NC2CCC(N(c3ccsc3C(=O)O)C(=O)[C@H]3CC[C@H](C)CC3)CC2)CC1. The number of hydrogen-bond donors (Lipinski definition) is 2. The van der Waals surface area contributed by atoms with E-state index in [1.54, 1.807) is 21.2 Å². The van der Waals surface area contributed by atoms with E-state index in [-0.39, 0.29) is 41.0 Å². The number of amides is 3. The molecule has 3 aliphatic rings. The van der Waals surface area contributed by atoms with Gasteiger partial charge in [0.15, 0.2) is 0 Å². The van der Waals surface area contributed by atoms with Crippen LogP contribution in [0, 0.1) is 11.8 Å². The number of hydrogen-bond acceptors (Lipinski definition) is 7. The fourth-order valence-corrected chi connectivity index (χ4v) is 6.89. The third kappa shape index (κ3) is 8.36. The van der Waals surface area contributed by atoms with Crippen molar-refractivity contribution >= 4 is 41.1 Å². The summed E-state index contributed by atoms with van der Waals surface area (Å²) in [5.74, 6) is -0.450. The minimum atomic E-state index is -1.01. The van der Waals surface area contributed by atoms with Gasteiger partial charge >= 0.3 is 18.2 Å². The molecule has 2 heterocycles. The molecular formula is C30H45N3O7S. The average Bonchev–Trinajstić information content (AvgIpc) is 3.39. The molecule has 0 aromatic carbocycles. The zero-order valence-electron chi connectivity index (χ0n) is 24.7. The molecule has 2 aliphatic carbocycles. The Bertz CT molecular complexity index is 1080. The minimum Gasteiger partial charge on any atom is -0.477 e. The van der Waals surface area contributed by atoms with Gasteiger partial charge in [0.05, 0.1) is 5.69 Å². The zero-order valence-corrected chi connectivity index (χ0v) is 25.5. The van der Waals surface area contributed by atoms with Crippen molar-refractivity contribution in [2.45, 2.75) is 116 Å². The molecule has 0 spiro atoms. The first-order valence-corrected chi connectivity index (χ1v) is 15.9. The number of ether oxygens (including phenoxy) is 2. The van der Waals surface area contributed by atoms with Crippen molar-refractivity contribution in [3.8, 4) is 0 Å². The molecule has 2 saturated carbocycles. The molecule has 3 amide bonds.